The molecule has 0 fully saturated rings. The lowest BCUT2D eigenvalue weighted by atomic mass is 10.1. The van der Waals surface area contributed by atoms with Crippen LogP contribution in [0.2, 0.25) is 0 Å². The van der Waals surface area contributed by atoms with Crippen molar-refractivity contribution in [3.8, 4) is 0 Å². The summed E-state index contributed by atoms with van der Waals surface area (Å²) < 4.78 is 2.03. The van der Waals surface area contributed by atoms with Gasteiger partial charge in [0.05, 0.1) is 6.54 Å². The number of nitrogens with one attached hydrogen (secondary N) is 1. The Morgan fingerprint density at radius 1 is 1.35 bits per heavy atom. The molecule has 0 amide bonds. The first-order chi connectivity index (χ1) is 8.31. The summed E-state index contributed by atoms with van der Waals surface area (Å²) in [4.78, 5) is 0. The molecule has 2 rings (SSSR count). The third kappa shape index (κ3) is 3.03. The molecule has 0 aliphatic carbocycles. The number of fused-ring (bicyclic) bond motifs is 1. The lowest BCUT2D eigenvalue weighted by molar-refractivity contribution is 0.471. The lowest BCUT2D eigenvalue weighted by Crippen LogP contribution is -2.21. The highest BCUT2D eigenvalue weighted by molar-refractivity contribution is 5.36. The minimum atomic E-state index is 0.721. The van der Waals surface area contributed by atoms with Crippen LogP contribution in [0.3, 0.4) is 0 Å². The van der Waals surface area contributed by atoms with E-state index < -0.39 is 0 Å². The molecule has 1 unspecified atom stereocenters. The van der Waals surface area contributed by atoms with E-state index in [0.717, 1.165) is 30.5 Å². The number of pyridine rings is 1. The smallest absolute Gasteiger partial charge is 0.160 e. The molecule has 0 aliphatic heterocycles. The van der Waals surface area contributed by atoms with Gasteiger partial charge in [0.15, 0.2) is 11.5 Å². The SMILES string of the molecule is CCCC(C)CNCc1nnc2ccccn12. The summed E-state index contributed by atoms with van der Waals surface area (Å²) in [5, 5.41) is 11.8. The van der Waals surface area contributed by atoms with Crippen molar-refractivity contribution in [3.05, 3.63) is 30.2 Å². The molecule has 1 atom stereocenters. The van der Waals surface area contributed by atoms with Crippen molar-refractivity contribution < 1.29 is 0 Å². The van der Waals surface area contributed by atoms with E-state index in [0.29, 0.717) is 0 Å². The molecule has 2 heterocycles. The van der Waals surface area contributed by atoms with Gasteiger partial charge in [-0.1, -0.05) is 26.3 Å². The van der Waals surface area contributed by atoms with Crippen molar-refractivity contribution in [3.63, 3.8) is 0 Å². The molecule has 0 spiro atoms. The highest BCUT2D eigenvalue weighted by Gasteiger charge is 2.05. The average molecular weight is 232 g/mol. The summed E-state index contributed by atoms with van der Waals surface area (Å²) in [5.41, 5.74) is 0.908. The van der Waals surface area contributed by atoms with Gasteiger partial charge in [-0.3, -0.25) is 4.40 Å². The molecule has 0 radical (unpaired) electrons. The van der Waals surface area contributed by atoms with Crippen LogP contribution in [0.1, 0.15) is 32.5 Å². The lowest BCUT2D eigenvalue weighted by Gasteiger charge is -2.10. The van der Waals surface area contributed by atoms with E-state index in [1.165, 1.54) is 12.8 Å². The van der Waals surface area contributed by atoms with Crippen LogP contribution in [0.5, 0.6) is 0 Å². The van der Waals surface area contributed by atoms with Crippen LogP contribution >= 0.6 is 0 Å². The Hall–Kier alpha value is -1.42. The highest BCUT2D eigenvalue weighted by Crippen LogP contribution is 2.05. The van der Waals surface area contributed by atoms with Crippen LogP contribution in [0.25, 0.3) is 5.65 Å². The molecular weight excluding hydrogens is 212 g/mol. The van der Waals surface area contributed by atoms with Gasteiger partial charge in [0, 0.05) is 6.20 Å². The van der Waals surface area contributed by atoms with Crippen molar-refractivity contribution in [1.29, 1.82) is 0 Å². The maximum atomic E-state index is 4.19. The Labute approximate surface area is 102 Å². The summed E-state index contributed by atoms with van der Waals surface area (Å²) in [6.45, 7) is 6.32. The third-order valence-corrected chi connectivity index (χ3v) is 2.94. The molecule has 4 nitrogen and oxygen atoms in total. The van der Waals surface area contributed by atoms with Crippen LogP contribution in [0.4, 0.5) is 0 Å². The van der Waals surface area contributed by atoms with Crippen molar-refractivity contribution in [2.45, 2.75) is 33.2 Å². The Kier molecular flexibility index (Phi) is 4.09. The van der Waals surface area contributed by atoms with E-state index in [1.54, 1.807) is 0 Å². The topological polar surface area (TPSA) is 42.2 Å². The zero-order chi connectivity index (χ0) is 12.1. The first-order valence-corrected chi connectivity index (χ1v) is 6.30. The monoisotopic (exact) mass is 232 g/mol. The van der Waals surface area contributed by atoms with E-state index in [-0.39, 0.29) is 0 Å². The fourth-order valence-corrected chi connectivity index (χ4v) is 2.04. The van der Waals surface area contributed by atoms with Gasteiger partial charge in [0.1, 0.15) is 0 Å². The van der Waals surface area contributed by atoms with Gasteiger partial charge in [-0.15, -0.1) is 10.2 Å². The quantitative estimate of drug-likeness (QED) is 0.830. The molecule has 2 aromatic rings. The normalized spacial score (nSPS) is 13.1. The number of hydrogen-bond acceptors (Lipinski definition) is 3. The predicted molar refractivity (Wildman–Crippen MR) is 68.8 cm³/mol. The Morgan fingerprint density at radius 2 is 2.24 bits per heavy atom. The molecule has 1 N–H and O–H groups in total. The largest absolute Gasteiger partial charge is 0.310 e. The molecule has 4 heteroatoms. The molecular formula is C13H20N4. The molecule has 0 aromatic carbocycles. The van der Waals surface area contributed by atoms with Gasteiger partial charge in [0.25, 0.3) is 0 Å². The molecule has 0 aliphatic rings. The second-order valence-electron chi connectivity index (χ2n) is 4.57. The van der Waals surface area contributed by atoms with E-state index >= 15 is 0 Å². The fraction of sp³-hybridized carbons (Fsp3) is 0.538. The van der Waals surface area contributed by atoms with Gasteiger partial charge in [0.2, 0.25) is 0 Å². The van der Waals surface area contributed by atoms with Gasteiger partial charge in [-0.25, -0.2) is 0 Å². The third-order valence-electron chi connectivity index (χ3n) is 2.94. The summed E-state index contributed by atoms with van der Waals surface area (Å²) in [7, 11) is 0. The molecule has 0 saturated carbocycles. The van der Waals surface area contributed by atoms with Crippen molar-refractivity contribution >= 4 is 5.65 Å². The first kappa shape index (κ1) is 12.0. The predicted octanol–water partition coefficient (Wildman–Crippen LogP) is 2.26. The van der Waals surface area contributed by atoms with Crippen LogP contribution < -0.4 is 5.32 Å². The van der Waals surface area contributed by atoms with E-state index in [9.17, 15) is 0 Å². The second kappa shape index (κ2) is 5.77. The standard InChI is InChI=1S/C13H20N4/c1-3-6-11(2)9-14-10-13-16-15-12-7-4-5-8-17(12)13/h4-5,7-8,11,14H,3,6,9-10H2,1-2H3. The van der Waals surface area contributed by atoms with Crippen LogP contribution in [0.15, 0.2) is 24.4 Å². The van der Waals surface area contributed by atoms with E-state index in [1.807, 2.05) is 28.8 Å². The Morgan fingerprint density at radius 3 is 3.06 bits per heavy atom. The maximum absolute atomic E-state index is 4.19. The minimum absolute atomic E-state index is 0.721. The molecule has 0 bridgehead atoms. The number of rotatable bonds is 6. The second-order valence-corrected chi connectivity index (χ2v) is 4.57. The highest BCUT2D eigenvalue weighted by atomic mass is 15.3. The molecule has 2 aromatic heterocycles. The van der Waals surface area contributed by atoms with Gasteiger partial charge >= 0.3 is 0 Å². The van der Waals surface area contributed by atoms with Crippen molar-refractivity contribution in [2.75, 3.05) is 6.54 Å². The first-order valence-electron chi connectivity index (χ1n) is 6.30. The molecule has 0 saturated heterocycles. The average Bonchev–Trinajstić information content (AvgIpc) is 2.73. The Balaban J connectivity index is 1.91. The van der Waals surface area contributed by atoms with Crippen LogP contribution in [-0.4, -0.2) is 21.1 Å². The van der Waals surface area contributed by atoms with Crippen LogP contribution in [-0.2, 0) is 6.54 Å². The summed E-state index contributed by atoms with van der Waals surface area (Å²) in [6, 6.07) is 5.94. The summed E-state index contributed by atoms with van der Waals surface area (Å²) >= 11 is 0. The number of hydrogen-bond donors (Lipinski definition) is 1. The van der Waals surface area contributed by atoms with Crippen molar-refractivity contribution in [1.82, 2.24) is 19.9 Å². The number of nitrogens with zero attached hydrogens (tertiary/aromatic N) is 3. The maximum Gasteiger partial charge on any atom is 0.160 e. The summed E-state index contributed by atoms with van der Waals surface area (Å²) in [6.07, 6.45) is 4.52. The molecule has 92 valence electrons. The summed E-state index contributed by atoms with van der Waals surface area (Å²) in [5.74, 6) is 1.70. The van der Waals surface area contributed by atoms with Crippen LogP contribution in [0, 0.1) is 5.92 Å². The number of aromatic nitrogens is 3. The van der Waals surface area contributed by atoms with Crippen molar-refractivity contribution in [2.24, 2.45) is 5.92 Å². The van der Waals surface area contributed by atoms with E-state index in [2.05, 4.69) is 29.4 Å². The van der Waals surface area contributed by atoms with Gasteiger partial charge < -0.3 is 5.32 Å². The van der Waals surface area contributed by atoms with Gasteiger partial charge in [-0.2, -0.15) is 0 Å². The Bertz CT molecular complexity index is 463. The zero-order valence-corrected chi connectivity index (χ0v) is 10.6. The minimum Gasteiger partial charge on any atom is -0.310 e. The zero-order valence-electron chi connectivity index (χ0n) is 10.6. The molecule has 17 heavy (non-hydrogen) atoms. The van der Waals surface area contributed by atoms with Gasteiger partial charge in [-0.05, 0) is 31.0 Å². The fourth-order valence-electron chi connectivity index (χ4n) is 2.04. The van der Waals surface area contributed by atoms with E-state index in [4.69, 9.17) is 0 Å².